The summed E-state index contributed by atoms with van der Waals surface area (Å²) >= 11 is 0. The van der Waals surface area contributed by atoms with Gasteiger partial charge in [-0.15, -0.1) is 0 Å². The molecule has 0 rings (SSSR count). The van der Waals surface area contributed by atoms with E-state index in [2.05, 4.69) is 67.8 Å². The molecule has 0 aliphatic rings. The summed E-state index contributed by atoms with van der Waals surface area (Å²) in [5.41, 5.74) is 0. The Hall–Kier alpha value is -1.96. The Labute approximate surface area is 347 Å². The maximum absolute atomic E-state index is 12.6. The number of unbranched alkanes of at least 4 members (excludes halogenated alkanes) is 26. The second-order valence-corrected chi connectivity index (χ2v) is 17.5. The molecule has 0 radical (unpaired) electrons. The van der Waals surface area contributed by atoms with Crippen LogP contribution in [0.25, 0.3) is 0 Å². The Morgan fingerprint density at radius 2 is 0.821 bits per heavy atom. The highest BCUT2D eigenvalue weighted by Crippen LogP contribution is 2.14. The van der Waals surface area contributed by atoms with Gasteiger partial charge < -0.3 is 10.4 Å². The zero-order chi connectivity index (χ0) is 41.1. The van der Waals surface area contributed by atoms with E-state index in [0.717, 1.165) is 57.8 Å². The fraction of sp³-hybridized carbons (Fsp3) is 0.776. The summed E-state index contributed by atoms with van der Waals surface area (Å²) in [6, 6.07) is -1.08. The van der Waals surface area contributed by atoms with Gasteiger partial charge in [-0.25, -0.2) is 0 Å². The molecule has 0 heterocycles. The normalized spacial score (nSPS) is 13.7. The van der Waals surface area contributed by atoms with Crippen molar-refractivity contribution < 1.29 is 22.9 Å². The monoisotopic (exact) mass is 804 g/mol. The molecule has 2 atom stereocenters. The third-order valence-corrected chi connectivity index (χ3v) is 11.2. The van der Waals surface area contributed by atoms with Crippen molar-refractivity contribution in [2.24, 2.45) is 0 Å². The SMILES string of the molecule is CCCCCCC/C=C\C/C=C\C/C=C\CCCCCCCCCCC(=O)NC(CS(=O)(=O)O)C(O)/C=C/CC/C=C/CCCCCCCCCCCCCC. The van der Waals surface area contributed by atoms with Gasteiger partial charge in [-0.1, -0.05) is 209 Å². The number of aliphatic hydroxyl groups excluding tert-OH is 1. The van der Waals surface area contributed by atoms with E-state index in [9.17, 15) is 22.9 Å². The molecule has 0 spiro atoms. The zero-order valence-electron chi connectivity index (χ0n) is 36.5. The van der Waals surface area contributed by atoms with E-state index in [-0.39, 0.29) is 12.3 Å². The molecule has 1 amide bonds. The third kappa shape index (κ3) is 43.2. The molecule has 56 heavy (non-hydrogen) atoms. The summed E-state index contributed by atoms with van der Waals surface area (Å²) in [6.45, 7) is 4.52. The molecule has 0 aromatic heterocycles. The highest BCUT2D eigenvalue weighted by atomic mass is 32.2. The van der Waals surface area contributed by atoms with Crippen LogP contribution in [-0.4, -0.2) is 41.9 Å². The lowest BCUT2D eigenvalue weighted by Crippen LogP contribution is -2.46. The summed E-state index contributed by atoms with van der Waals surface area (Å²) in [6.07, 6.45) is 59.3. The van der Waals surface area contributed by atoms with E-state index < -0.39 is 28.0 Å². The molecule has 2 unspecified atom stereocenters. The first-order valence-corrected chi connectivity index (χ1v) is 25.1. The van der Waals surface area contributed by atoms with E-state index in [0.29, 0.717) is 6.42 Å². The smallest absolute Gasteiger partial charge is 0.267 e. The first kappa shape index (κ1) is 54.0. The van der Waals surface area contributed by atoms with Crippen LogP contribution in [-0.2, 0) is 14.9 Å². The van der Waals surface area contributed by atoms with Crippen molar-refractivity contribution >= 4 is 16.0 Å². The maximum Gasteiger partial charge on any atom is 0.267 e. The molecule has 0 fully saturated rings. The van der Waals surface area contributed by atoms with Gasteiger partial charge in [-0.2, -0.15) is 8.42 Å². The lowest BCUT2D eigenvalue weighted by Gasteiger charge is -2.21. The minimum atomic E-state index is -4.36. The van der Waals surface area contributed by atoms with Gasteiger partial charge in [0.05, 0.1) is 17.9 Å². The van der Waals surface area contributed by atoms with Crippen LogP contribution in [0.4, 0.5) is 0 Å². The van der Waals surface area contributed by atoms with E-state index >= 15 is 0 Å². The standard InChI is InChI=1S/C49H89NO5S/c1-3-5-7-9-11-13-15-17-19-21-23-24-25-26-27-29-31-33-35-37-39-41-43-45-49(52)50-47(46-56(53,54)55)48(51)44-42-40-38-36-34-32-30-28-22-20-18-16-14-12-10-8-6-4-2/h15,17,21,23,25-26,34,36,42,44,47-48,51H,3-14,16,18-20,22,24,27-33,35,37-41,43,45-46H2,1-2H3,(H,50,52)(H,53,54,55)/b17-15-,23-21-,26-25-,36-34+,44-42+. The first-order chi connectivity index (χ1) is 27.3. The predicted octanol–water partition coefficient (Wildman–Crippen LogP) is 14.4. The van der Waals surface area contributed by atoms with E-state index in [1.807, 2.05) is 6.08 Å². The highest BCUT2D eigenvalue weighted by molar-refractivity contribution is 7.85. The zero-order valence-corrected chi connectivity index (χ0v) is 37.3. The van der Waals surface area contributed by atoms with Crippen LogP contribution in [0.1, 0.15) is 226 Å². The van der Waals surface area contributed by atoms with Crippen molar-refractivity contribution in [1.29, 1.82) is 0 Å². The van der Waals surface area contributed by atoms with Crippen LogP contribution in [0.15, 0.2) is 60.8 Å². The Bertz CT molecular complexity index is 1110. The molecule has 7 heteroatoms. The molecular formula is C49H89NO5S. The summed E-state index contributed by atoms with van der Waals surface area (Å²) in [5.74, 6) is -1.01. The quantitative estimate of drug-likeness (QED) is 0.0324. The molecule has 0 aliphatic heterocycles. The minimum Gasteiger partial charge on any atom is -0.387 e. The first-order valence-electron chi connectivity index (χ1n) is 23.5. The lowest BCUT2D eigenvalue weighted by atomic mass is 10.0. The largest absolute Gasteiger partial charge is 0.387 e. The van der Waals surface area contributed by atoms with Crippen LogP contribution >= 0.6 is 0 Å². The van der Waals surface area contributed by atoms with Crippen molar-refractivity contribution in [3.05, 3.63) is 60.8 Å². The Morgan fingerprint density at radius 3 is 1.25 bits per heavy atom. The molecule has 326 valence electrons. The topological polar surface area (TPSA) is 104 Å². The van der Waals surface area contributed by atoms with Gasteiger partial charge >= 0.3 is 0 Å². The summed E-state index contributed by atoms with van der Waals surface area (Å²) in [7, 11) is -4.36. The minimum absolute atomic E-state index is 0.278. The van der Waals surface area contributed by atoms with Gasteiger partial charge in [-0.3, -0.25) is 9.35 Å². The predicted molar refractivity (Wildman–Crippen MR) is 244 cm³/mol. The summed E-state index contributed by atoms with van der Waals surface area (Å²) < 4.78 is 32.6. The number of aliphatic hydroxyl groups is 1. The number of allylic oxidation sites excluding steroid dienone is 9. The number of nitrogens with one attached hydrogen (secondary N) is 1. The fourth-order valence-corrected chi connectivity index (χ4v) is 7.62. The molecule has 0 aromatic rings. The second kappa shape index (κ2) is 42.6. The number of hydrogen-bond donors (Lipinski definition) is 3. The van der Waals surface area contributed by atoms with Gasteiger partial charge in [0.25, 0.3) is 10.1 Å². The van der Waals surface area contributed by atoms with Gasteiger partial charge in [0.15, 0.2) is 0 Å². The summed E-state index contributed by atoms with van der Waals surface area (Å²) in [4.78, 5) is 12.6. The number of amides is 1. The van der Waals surface area contributed by atoms with Gasteiger partial charge in [-0.05, 0) is 70.6 Å². The Kier molecular flexibility index (Phi) is 41.1. The lowest BCUT2D eigenvalue weighted by molar-refractivity contribution is -0.122. The molecular weight excluding hydrogens is 715 g/mol. The van der Waals surface area contributed by atoms with Gasteiger partial charge in [0.1, 0.15) is 0 Å². The van der Waals surface area contributed by atoms with Crippen LogP contribution in [0, 0.1) is 0 Å². The molecule has 0 aliphatic carbocycles. The van der Waals surface area contributed by atoms with E-state index in [1.54, 1.807) is 0 Å². The molecule has 3 N–H and O–H groups in total. The number of hydrogen-bond acceptors (Lipinski definition) is 4. The van der Waals surface area contributed by atoms with E-state index in [4.69, 9.17) is 0 Å². The van der Waals surface area contributed by atoms with Crippen LogP contribution in [0.3, 0.4) is 0 Å². The van der Waals surface area contributed by atoms with Crippen LogP contribution < -0.4 is 5.32 Å². The van der Waals surface area contributed by atoms with Gasteiger partial charge in [0.2, 0.25) is 5.91 Å². The van der Waals surface area contributed by atoms with Crippen molar-refractivity contribution in [2.75, 3.05) is 5.75 Å². The highest BCUT2D eigenvalue weighted by Gasteiger charge is 2.24. The summed E-state index contributed by atoms with van der Waals surface area (Å²) in [5, 5.41) is 13.3. The molecule has 0 saturated carbocycles. The molecule has 0 saturated heterocycles. The average molecular weight is 804 g/mol. The Morgan fingerprint density at radius 1 is 0.482 bits per heavy atom. The van der Waals surface area contributed by atoms with Crippen molar-refractivity contribution in [3.8, 4) is 0 Å². The van der Waals surface area contributed by atoms with Crippen molar-refractivity contribution in [2.45, 2.75) is 238 Å². The third-order valence-electron chi connectivity index (χ3n) is 10.4. The fourth-order valence-electron chi connectivity index (χ4n) is 6.88. The van der Waals surface area contributed by atoms with Gasteiger partial charge in [0, 0.05) is 6.42 Å². The molecule has 0 bridgehead atoms. The van der Waals surface area contributed by atoms with Crippen LogP contribution in [0.5, 0.6) is 0 Å². The average Bonchev–Trinajstić information content (AvgIpc) is 3.16. The molecule has 6 nitrogen and oxygen atoms in total. The number of carbonyl (C=O) groups is 1. The van der Waals surface area contributed by atoms with E-state index in [1.165, 1.54) is 147 Å². The maximum atomic E-state index is 12.6. The molecule has 0 aromatic carbocycles. The van der Waals surface area contributed by atoms with Crippen molar-refractivity contribution in [3.63, 3.8) is 0 Å². The number of carbonyl (C=O) groups excluding carboxylic acids is 1. The number of rotatable bonds is 42. The Balaban J connectivity index is 3.92. The van der Waals surface area contributed by atoms with Crippen molar-refractivity contribution in [1.82, 2.24) is 5.32 Å². The van der Waals surface area contributed by atoms with Crippen LogP contribution in [0.2, 0.25) is 0 Å². The second-order valence-electron chi connectivity index (χ2n) is 16.0.